The Balaban J connectivity index is 1.02. The third-order valence-corrected chi connectivity index (χ3v) is 13.4. The van der Waals surface area contributed by atoms with Gasteiger partial charge in [0.1, 0.15) is 22.6 Å². The Morgan fingerprint density at radius 3 is 2.00 bits per heavy atom. The van der Waals surface area contributed by atoms with Crippen molar-refractivity contribution in [2.45, 2.75) is 77.4 Å². The van der Waals surface area contributed by atoms with Gasteiger partial charge in [-0.2, -0.15) is 5.10 Å². The lowest BCUT2D eigenvalue weighted by molar-refractivity contribution is -0.259. The van der Waals surface area contributed by atoms with Crippen LogP contribution in [0, 0.1) is 29.1 Å². The third kappa shape index (κ3) is 9.60. The molecule has 4 aliphatic carbocycles. The second-order valence-electron chi connectivity index (χ2n) is 18.6. The Hall–Kier alpha value is -4.25. The number of amides is 1. The molecule has 15 heteroatoms. The van der Waals surface area contributed by atoms with Crippen molar-refractivity contribution in [1.82, 2.24) is 15.1 Å². The number of carbonyl (C=O) groups is 2. The maximum atomic E-state index is 14.7. The van der Waals surface area contributed by atoms with Crippen molar-refractivity contribution in [2.24, 2.45) is 34.8 Å². The molecule has 1 aromatic heterocycles. The monoisotopic (exact) mass is 876 g/mol. The standard InChI is InChI=1S/C48H69N5O10/c1-31(2)35-28-34(50-14-16-59-18-20-61-22-24-62-23-21-60-19-17-58-15-13-49)11-12-37(35)53-38(43-39(56-6)9-8-10-40(43)57-7)29-36(52-53)44(54)51-48(45(55)63-46(3,4)5)41-26-32-25-33-27-42(48)47(33,41)30-32/h8-12,28-29,31-33,41-42,50H,13-27,30,49H2,1-7H3,(H,51,54). The summed E-state index contributed by atoms with van der Waals surface area (Å²) in [6.45, 7) is 16.0. The molecule has 1 amide bonds. The highest BCUT2D eigenvalue weighted by molar-refractivity contribution is 5.99. The van der Waals surface area contributed by atoms with Gasteiger partial charge in [0.25, 0.3) is 5.91 Å². The first-order chi connectivity index (χ1) is 30.4. The molecule has 2 bridgehead atoms. The molecule has 4 saturated carbocycles. The molecule has 0 saturated heterocycles. The minimum Gasteiger partial charge on any atom is -0.496 e. The Kier molecular flexibility index (Phi) is 15.0. The molecular weight excluding hydrogens is 807 g/mol. The molecule has 4 aliphatic rings. The zero-order chi connectivity index (χ0) is 44.8. The van der Waals surface area contributed by atoms with E-state index in [-0.39, 0.29) is 34.8 Å². The first kappa shape index (κ1) is 46.7. The van der Waals surface area contributed by atoms with Crippen LogP contribution < -0.4 is 25.8 Å². The number of nitrogens with one attached hydrogen (secondary N) is 2. The van der Waals surface area contributed by atoms with E-state index in [4.69, 9.17) is 48.7 Å². The molecule has 2 aromatic carbocycles. The van der Waals surface area contributed by atoms with Crippen LogP contribution in [-0.2, 0) is 33.2 Å². The van der Waals surface area contributed by atoms with Gasteiger partial charge < -0.3 is 54.3 Å². The fourth-order valence-electron chi connectivity index (χ4n) is 11.0. The molecule has 0 radical (unpaired) electrons. The fourth-order valence-corrected chi connectivity index (χ4v) is 11.0. The first-order valence-corrected chi connectivity index (χ1v) is 22.7. The number of methoxy groups -OCH3 is 2. The lowest BCUT2D eigenvalue weighted by Gasteiger charge is -2.74. The molecule has 0 aliphatic heterocycles. The predicted octanol–water partition coefficient (Wildman–Crippen LogP) is 6.01. The zero-order valence-corrected chi connectivity index (χ0v) is 38.3. The molecule has 346 valence electrons. The maximum Gasteiger partial charge on any atom is 0.333 e. The molecule has 4 N–H and O–H groups in total. The molecule has 7 rings (SSSR count). The van der Waals surface area contributed by atoms with Crippen LogP contribution in [0.4, 0.5) is 5.69 Å². The van der Waals surface area contributed by atoms with Crippen molar-refractivity contribution in [3.63, 3.8) is 0 Å². The Bertz CT molecular complexity index is 2010. The van der Waals surface area contributed by atoms with Gasteiger partial charge in [-0.15, -0.1) is 0 Å². The lowest BCUT2D eigenvalue weighted by Crippen LogP contribution is -2.84. The van der Waals surface area contributed by atoms with Crippen LogP contribution >= 0.6 is 0 Å². The van der Waals surface area contributed by atoms with Gasteiger partial charge in [-0.1, -0.05) is 19.9 Å². The minimum atomic E-state index is -1.08. The van der Waals surface area contributed by atoms with Crippen LogP contribution in [0.1, 0.15) is 82.3 Å². The van der Waals surface area contributed by atoms with Crippen LogP contribution in [-0.4, -0.2) is 126 Å². The number of fused-ring (bicyclic) bond motifs is 1. The number of carbonyl (C=O) groups excluding carboxylic acids is 2. The highest BCUT2D eigenvalue weighted by Crippen LogP contribution is 2.84. The van der Waals surface area contributed by atoms with Gasteiger partial charge in [0.05, 0.1) is 97.2 Å². The van der Waals surface area contributed by atoms with Crippen LogP contribution in [0.25, 0.3) is 16.9 Å². The van der Waals surface area contributed by atoms with Gasteiger partial charge >= 0.3 is 5.97 Å². The number of hydrogen-bond donors (Lipinski definition) is 3. The average Bonchev–Trinajstić information content (AvgIpc) is 3.95. The van der Waals surface area contributed by atoms with Crippen molar-refractivity contribution < 1.29 is 47.5 Å². The van der Waals surface area contributed by atoms with Crippen molar-refractivity contribution in [3.05, 3.63) is 53.7 Å². The van der Waals surface area contributed by atoms with Gasteiger partial charge in [0.2, 0.25) is 0 Å². The number of anilines is 1. The molecule has 6 atom stereocenters. The van der Waals surface area contributed by atoms with Gasteiger partial charge in [0, 0.05) is 18.8 Å². The summed E-state index contributed by atoms with van der Waals surface area (Å²) in [5.74, 6) is 1.86. The number of rotatable bonds is 26. The summed E-state index contributed by atoms with van der Waals surface area (Å²) >= 11 is 0. The highest BCUT2D eigenvalue weighted by Gasteiger charge is 2.86. The summed E-state index contributed by atoms with van der Waals surface area (Å²) in [6, 6.07) is 13.5. The van der Waals surface area contributed by atoms with Crippen molar-refractivity contribution in [2.75, 3.05) is 98.7 Å². The third-order valence-electron chi connectivity index (χ3n) is 13.4. The normalized spacial score (nSPS) is 24.1. The maximum absolute atomic E-state index is 14.7. The molecule has 15 nitrogen and oxygen atoms in total. The van der Waals surface area contributed by atoms with Crippen molar-refractivity contribution in [1.29, 1.82) is 0 Å². The van der Waals surface area contributed by atoms with Crippen LogP contribution in [0.3, 0.4) is 0 Å². The van der Waals surface area contributed by atoms with E-state index in [1.165, 1.54) is 6.42 Å². The van der Waals surface area contributed by atoms with E-state index >= 15 is 0 Å². The summed E-state index contributed by atoms with van der Waals surface area (Å²) in [7, 11) is 3.22. The van der Waals surface area contributed by atoms with E-state index in [1.54, 1.807) is 25.0 Å². The minimum absolute atomic E-state index is 0.0636. The number of benzene rings is 2. The largest absolute Gasteiger partial charge is 0.496 e. The highest BCUT2D eigenvalue weighted by atomic mass is 16.6. The van der Waals surface area contributed by atoms with Crippen LogP contribution in [0.15, 0.2) is 42.5 Å². The first-order valence-electron chi connectivity index (χ1n) is 22.7. The predicted molar refractivity (Wildman–Crippen MR) is 239 cm³/mol. The molecule has 1 heterocycles. The number of hydrogen-bond acceptors (Lipinski definition) is 13. The topological polar surface area (TPSA) is 176 Å². The van der Waals surface area contributed by atoms with Crippen molar-refractivity contribution in [3.8, 4) is 28.4 Å². The van der Waals surface area contributed by atoms with Crippen molar-refractivity contribution >= 4 is 17.6 Å². The van der Waals surface area contributed by atoms with Gasteiger partial charge in [-0.05, 0) is 123 Å². The van der Waals surface area contributed by atoms with E-state index < -0.39 is 17.0 Å². The zero-order valence-electron chi connectivity index (χ0n) is 38.3. The van der Waals surface area contributed by atoms with E-state index in [2.05, 4.69) is 30.5 Å². The number of esters is 1. The van der Waals surface area contributed by atoms with E-state index in [9.17, 15) is 9.59 Å². The smallest absolute Gasteiger partial charge is 0.333 e. The van der Waals surface area contributed by atoms with Crippen LogP contribution in [0.5, 0.6) is 11.5 Å². The second kappa shape index (κ2) is 20.3. The van der Waals surface area contributed by atoms with Gasteiger partial charge in [-0.25, -0.2) is 9.48 Å². The summed E-state index contributed by atoms with van der Waals surface area (Å²) in [5.41, 5.74) is 7.96. The van der Waals surface area contributed by atoms with E-state index in [0.717, 1.165) is 36.2 Å². The molecular formula is C48H69N5O10. The Morgan fingerprint density at radius 1 is 0.825 bits per heavy atom. The summed E-state index contributed by atoms with van der Waals surface area (Å²) in [5, 5.41) is 11.9. The fraction of sp³-hybridized carbons (Fsp3) is 0.646. The second-order valence-corrected chi connectivity index (χ2v) is 18.6. The SMILES string of the molecule is COc1cccc(OC)c1-c1cc(C(=O)NC2(C(=O)OC(C)(C)C)C3CC4CC5CC2C53C4)nn1-c1ccc(NCCOCCOCCOCCOCCOCCN)cc1C(C)C. The molecule has 63 heavy (non-hydrogen) atoms. The summed E-state index contributed by atoms with van der Waals surface area (Å²) in [6.07, 6.45) is 4.25. The quantitative estimate of drug-likeness (QED) is 0.0633. The summed E-state index contributed by atoms with van der Waals surface area (Å²) in [4.78, 5) is 29.0. The Morgan fingerprint density at radius 2 is 1.43 bits per heavy atom. The van der Waals surface area contributed by atoms with Crippen LogP contribution in [0.2, 0.25) is 0 Å². The van der Waals surface area contributed by atoms with E-state index in [1.807, 2.05) is 51.1 Å². The average molecular weight is 876 g/mol. The van der Waals surface area contributed by atoms with Gasteiger partial charge in [0.15, 0.2) is 5.69 Å². The molecule has 4 fully saturated rings. The number of aromatic nitrogens is 2. The summed E-state index contributed by atoms with van der Waals surface area (Å²) < 4.78 is 47.4. The molecule has 3 aromatic rings. The lowest BCUT2D eigenvalue weighted by atomic mass is 9.31. The number of ether oxygens (including phenoxy) is 8. The number of nitrogens with two attached hydrogens (primary N) is 1. The number of nitrogens with zero attached hydrogens (tertiary/aromatic N) is 2. The Labute approximate surface area is 372 Å². The van der Waals surface area contributed by atoms with Gasteiger partial charge in [-0.3, -0.25) is 4.79 Å². The van der Waals surface area contributed by atoms with E-state index in [0.29, 0.717) is 114 Å². The molecule has 1 spiro atoms. The molecule has 6 unspecified atom stereocenters.